The van der Waals surface area contributed by atoms with Crippen molar-refractivity contribution in [2.24, 2.45) is 0 Å². The van der Waals surface area contributed by atoms with Crippen molar-refractivity contribution in [3.05, 3.63) is 261 Å². The predicted octanol–water partition coefficient (Wildman–Crippen LogP) is 10.8. The second-order valence-corrected chi connectivity index (χ2v) is 16.3. The Morgan fingerprint density at radius 2 is 0.682 bits per heavy atom. The minimum absolute atomic E-state index is 0.868. The summed E-state index contributed by atoms with van der Waals surface area (Å²) in [6, 6.07) is 41.5. The van der Waals surface area contributed by atoms with Gasteiger partial charge in [-0.25, -0.2) is 9.15 Å². The number of allylic oxidation sites excluding steroid dienone is 20. The summed E-state index contributed by atoms with van der Waals surface area (Å²) in [7, 11) is 5.06. The van der Waals surface area contributed by atoms with E-state index in [1.165, 1.54) is 44.8 Å². The van der Waals surface area contributed by atoms with Crippen LogP contribution in [0.3, 0.4) is 0 Å². The van der Waals surface area contributed by atoms with E-state index in [-0.39, 0.29) is 0 Å². The highest BCUT2D eigenvalue weighted by atomic mass is 19.1. The molecule has 8 rings (SSSR count). The van der Waals surface area contributed by atoms with Crippen LogP contribution in [-0.2, 0) is 9.47 Å². The number of halogens is 1. The molecule has 2 aliphatic carbocycles. The molecule has 0 saturated carbocycles. The Morgan fingerprint density at radius 1 is 0.409 bits per heavy atom. The molecule has 4 aromatic carbocycles. The van der Waals surface area contributed by atoms with Crippen LogP contribution in [0.5, 0.6) is 0 Å². The maximum absolute atomic E-state index is 9.89. The van der Waals surface area contributed by atoms with Crippen LogP contribution >= 0.6 is 0 Å². The van der Waals surface area contributed by atoms with Crippen molar-refractivity contribution in [2.75, 3.05) is 28.2 Å². The highest BCUT2D eigenvalue weighted by Gasteiger charge is 2.20. The van der Waals surface area contributed by atoms with E-state index >= 15 is 0 Å². The van der Waals surface area contributed by atoms with Crippen LogP contribution in [0.4, 0.5) is 4.32 Å². The molecule has 4 aromatic rings. The molecule has 0 radical (unpaired) electrons. The first kappa shape index (κ1) is 48.1. The number of ether oxygens (including phenoxy) is 2. The molecule has 0 amide bonds. The molecule has 332 valence electrons. The molecular weight excluding hydrogens is 818 g/mol. The molecule has 0 fully saturated rings. The highest BCUT2D eigenvalue weighted by molar-refractivity contribution is 6.27. The second kappa shape index (κ2) is 23.0. The number of hydrogen-bond donors (Lipinski definition) is 0. The molecule has 0 atom stereocenters. The zero-order valence-corrected chi connectivity index (χ0v) is 39.0. The van der Waals surface area contributed by atoms with Gasteiger partial charge in [0, 0.05) is 35.4 Å². The Bertz CT molecular complexity index is 2620. The SMILES string of the molecule is CC(=C1C=CC(=[N+](C)C)C=C1)C(C)=C1C=C(c2ccccc2)C=C(c2ccccc2)O1.CC(=C1C=CC(=[N+](C)C)C=C1)C(C)=C1C=C(c2ccccc2)C=C(c2ccccc2)O1.[O-]B([O-])F. The fraction of sp³-hybridized carbons (Fsp3) is 0.138. The molecule has 2 heterocycles. The topological polar surface area (TPSA) is 70.6 Å². The molecule has 0 bridgehead atoms. The van der Waals surface area contributed by atoms with Gasteiger partial charge in [-0.1, -0.05) is 121 Å². The van der Waals surface area contributed by atoms with Gasteiger partial charge in [-0.15, -0.1) is 0 Å². The smallest absolute Gasteiger partial charge is 0.199 e. The molecule has 0 unspecified atom stereocenters. The molecule has 66 heavy (non-hydrogen) atoms. The lowest BCUT2D eigenvalue weighted by Crippen LogP contribution is -2.39. The van der Waals surface area contributed by atoms with E-state index < -0.39 is 7.40 Å². The second-order valence-electron chi connectivity index (χ2n) is 16.3. The lowest BCUT2D eigenvalue weighted by atomic mass is 9.95. The summed E-state index contributed by atoms with van der Waals surface area (Å²) < 4.78 is 27.0. The van der Waals surface area contributed by atoms with Crippen molar-refractivity contribution in [1.29, 1.82) is 0 Å². The van der Waals surface area contributed by atoms with Crippen molar-refractivity contribution in [3.8, 4) is 0 Å². The largest absolute Gasteiger partial charge is 0.867 e. The third kappa shape index (κ3) is 12.9. The van der Waals surface area contributed by atoms with Gasteiger partial charge < -0.3 is 23.8 Å². The average Bonchev–Trinajstić information content (AvgIpc) is 3.36. The first-order chi connectivity index (χ1) is 31.8. The maximum Gasteiger partial charge on any atom is 0.199 e. The zero-order valence-electron chi connectivity index (χ0n) is 39.0. The Hall–Kier alpha value is -7.39. The summed E-state index contributed by atoms with van der Waals surface area (Å²) >= 11 is 0. The van der Waals surface area contributed by atoms with Gasteiger partial charge in [0.15, 0.2) is 11.4 Å². The van der Waals surface area contributed by atoms with Gasteiger partial charge in [0.2, 0.25) is 0 Å². The van der Waals surface area contributed by atoms with Crippen LogP contribution in [0, 0.1) is 0 Å². The Morgan fingerprint density at radius 3 is 0.955 bits per heavy atom. The standard InChI is InChI=1S/2C29H28NO.BFO2/c2*1-21(23-15-17-27(18-16-23)30(3)4)22(2)28-19-26(24-11-7-5-8-12-24)20-29(31-28)25-13-9-6-10-14-25;2-1(3)4/h2*5-20H,1-4H3;/q2*+1;-2. The summed E-state index contributed by atoms with van der Waals surface area (Å²) in [6.45, 7) is 8.59. The number of benzene rings is 4. The quantitative estimate of drug-likeness (QED) is 0.143. The van der Waals surface area contributed by atoms with Crippen molar-refractivity contribution >= 4 is 41.5 Å². The van der Waals surface area contributed by atoms with Crippen LogP contribution < -0.4 is 10.0 Å². The monoisotopic (exact) mass is 874 g/mol. The van der Waals surface area contributed by atoms with E-state index in [1.807, 2.05) is 48.5 Å². The first-order valence-corrected chi connectivity index (χ1v) is 21.8. The minimum Gasteiger partial charge on any atom is -0.867 e. The van der Waals surface area contributed by atoms with E-state index in [2.05, 4.69) is 211 Å². The lowest BCUT2D eigenvalue weighted by molar-refractivity contribution is -0.462. The van der Waals surface area contributed by atoms with Crippen LogP contribution in [0.1, 0.15) is 49.9 Å². The van der Waals surface area contributed by atoms with E-state index in [9.17, 15) is 4.32 Å². The molecule has 2 aliphatic heterocycles. The van der Waals surface area contributed by atoms with Gasteiger partial charge in [0.05, 0.1) is 0 Å². The lowest BCUT2D eigenvalue weighted by Gasteiger charge is -2.21. The van der Waals surface area contributed by atoms with E-state index in [0.717, 1.165) is 56.5 Å². The number of hydrogen-bond acceptors (Lipinski definition) is 4. The van der Waals surface area contributed by atoms with Crippen molar-refractivity contribution < 1.29 is 33.0 Å². The number of rotatable bonds is 6. The third-order valence-corrected chi connectivity index (χ3v) is 11.4. The predicted molar refractivity (Wildman–Crippen MR) is 268 cm³/mol. The van der Waals surface area contributed by atoms with Crippen LogP contribution in [-0.4, -0.2) is 56.2 Å². The molecule has 4 aliphatic rings. The zero-order chi connectivity index (χ0) is 47.2. The summed E-state index contributed by atoms with van der Waals surface area (Å²) in [5.41, 5.74) is 16.3. The third-order valence-electron chi connectivity index (χ3n) is 11.4. The first-order valence-electron chi connectivity index (χ1n) is 21.8. The van der Waals surface area contributed by atoms with Gasteiger partial charge in [0.1, 0.15) is 58.6 Å². The molecular formula is C58H56BFN2O4. The molecule has 0 N–H and O–H groups in total. The molecule has 0 spiro atoms. The van der Waals surface area contributed by atoms with Crippen molar-refractivity contribution in [3.63, 3.8) is 0 Å². The van der Waals surface area contributed by atoms with E-state index in [4.69, 9.17) is 19.5 Å². The van der Waals surface area contributed by atoms with Gasteiger partial charge in [0.25, 0.3) is 0 Å². The summed E-state index contributed by atoms with van der Waals surface area (Å²) in [6.07, 6.45) is 25.9. The van der Waals surface area contributed by atoms with Gasteiger partial charge in [-0.05, 0) is 132 Å². The normalized spacial score (nSPS) is 16.4. The summed E-state index contributed by atoms with van der Waals surface area (Å²) in [5.74, 6) is 3.50. The fourth-order valence-electron chi connectivity index (χ4n) is 7.28. The Labute approximate surface area is 390 Å². The average molecular weight is 875 g/mol. The highest BCUT2D eigenvalue weighted by Crippen LogP contribution is 2.37. The van der Waals surface area contributed by atoms with Gasteiger partial charge in [-0.2, -0.15) is 0 Å². The maximum atomic E-state index is 9.89. The Kier molecular flexibility index (Phi) is 16.8. The van der Waals surface area contributed by atoms with E-state index in [1.54, 1.807) is 0 Å². The Balaban J connectivity index is 0.000000202. The van der Waals surface area contributed by atoms with Crippen molar-refractivity contribution in [1.82, 2.24) is 0 Å². The van der Waals surface area contributed by atoms with Gasteiger partial charge >= 0.3 is 0 Å². The molecule has 6 nitrogen and oxygen atoms in total. The summed E-state index contributed by atoms with van der Waals surface area (Å²) in [4.78, 5) is 0. The molecule has 0 aromatic heterocycles. The fourth-order valence-corrected chi connectivity index (χ4v) is 7.28. The van der Waals surface area contributed by atoms with E-state index in [0.29, 0.717) is 0 Å². The van der Waals surface area contributed by atoms with Gasteiger partial charge in [-0.3, -0.25) is 0 Å². The molecule has 8 heteroatoms. The molecule has 0 saturated heterocycles. The van der Waals surface area contributed by atoms with Crippen molar-refractivity contribution in [2.45, 2.75) is 27.7 Å². The van der Waals surface area contributed by atoms with Crippen LogP contribution in [0.15, 0.2) is 239 Å². The number of nitrogens with zero attached hydrogens (tertiary/aromatic N) is 2. The van der Waals surface area contributed by atoms with Crippen LogP contribution in [0.25, 0.3) is 22.7 Å². The summed E-state index contributed by atoms with van der Waals surface area (Å²) in [5, 5.41) is 16.6. The van der Waals surface area contributed by atoms with Crippen LogP contribution in [0.2, 0.25) is 0 Å². The minimum atomic E-state index is -3.17.